The molecule has 196 valence electrons. The lowest BCUT2D eigenvalue weighted by molar-refractivity contribution is -0.272. The number of rotatable bonds is 5. The van der Waals surface area contributed by atoms with Crippen molar-refractivity contribution in [2.45, 2.75) is 44.3 Å². The van der Waals surface area contributed by atoms with Gasteiger partial charge in [-0.2, -0.15) is 31.1 Å². The molecule has 1 aliphatic rings. The zero-order valence-corrected chi connectivity index (χ0v) is 18.4. The van der Waals surface area contributed by atoms with Crippen LogP contribution < -0.4 is 15.8 Å². The van der Waals surface area contributed by atoms with Crippen molar-refractivity contribution in [2.75, 3.05) is 0 Å². The molecule has 0 radical (unpaired) electrons. The number of carbonyl (C=O) groups is 2. The van der Waals surface area contributed by atoms with Crippen molar-refractivity contribution in [1.29, 1.82) is 0 Å². The molecular weight excluding hydrogens is 507 g/mol. The first kappa shape index (κ1) is 27.0. The van der Waals surface area contributed by atoms with Crippen molar-refractivity contribution in [3.05, 3.63) is 58.7 Å². The lowest BCUT2D eigenvalue weighted by Crippen LogP contribution is -2.47. The number of pyridine rings is 1. The lowest BCUT2D eigenvalue weighted by atomic mass is 9.77. The summed E-state index contributed by atoms with van der Waals surface area (Å²) < 4.78 is 105. The van der Waals surface area contributed by atoms with Crippen LogP contribution in [0.3, 0.4) is 0 Å². The first-order valence-electron chi connectivity index (χ1n) is 10.1. The summed E-state index contributed by atoms with van der Waals surface area (Å²) in [5, 5.41) is 9.25. The molecule has 0 saturated carbocycles. The fourth-order valence-electron chi connectivity index (χ4n) is 3.95. The molecule has 3 rings (SSSR count). The van der Waals surface area contributed by atoms with E-state index in [1.807, 2.05) is 0 Å². The zero-order chi connectivity index (χ0) is 27.2. The first-order chi connectivity index (χ1) is 16.6. The molecule has 36 heavy (non-hydrogen) atoms. The number of carbonyl (C=O) groups excluding carboxylic acids is 2. The smallest absolute Gasteiger partial charge is 0.417 e. The number of benzene rings is 1. The third-order valence-corrected chi connectivity index (χ3v) is 5.97. The van der Waals surface area contributed by atoms with Crippen LogP contribution in [0.25, 0.3) is 0 Å². The van der Waals surface area contributed by atoms with Gasteiger partial charge in [-0.3, -0.25) is 9.59 Å². The quantitative estimate of drug-likeness (QED) is 0.459. The Morgan fingerprint density at radius 2 is 1.89 bits per heavy atom. The molecule has 1 fully saturated rings. The molecule has 0 spiro atoms. The van der Waals surface area contributed by atoms with Gasteiger partial charge in [0.25, 0.3) is 11.8 Å². The highest BCUT2D eigenvalue weighted by molar-refractivity contribution is 5.91. The van der Waals surface area contributed by atoms with E-state index >= 15 is 0 Å². The molecule has 3 N–H and O–H groups in total. The van der Waals surface area contributed by atoms with Crippen LogP contribution >= 0.6 is 0 Å². The van der Waals surface area contributed by atoms with E-state index in [0.717, 1.165) is 25.3 Å². The third kappa shape index (κ3) is 4.74. The average molecular weight is 525 g/mol. The van der Waals surface area contributed by atoms with E-state index in [-0.39, 0.29) is 5.36 Å². The Morgan fingerprint density at radius 3 is 2.44 bits per heavy atom. The van der Waals surface area contributed by atoms with Crippen LogP contribution in [0.2, 0.25) is 0 Å². The molecule has 15 heteroatoms. The molecule has 0 bridgehead atoms. The summed E-state index contributed by atoms with van der Waals surface area (Å²) in [4.78, 5) is 28.0. The van der Waals surface area contributed by atoms with Gasteiger partial charge in [-0.15, -0.1) is 0 Å². The van der Waals surface area contributed by atoms with E-state index < -0.39 is 76.8 Å². The highest BCUT2D eigenvalue weighted by Crippen LogP contribution is 2.55. The van der Waals surface area contributed by atoms with Gasteiger partial charge in [-0.25, -0.2) is 9.38 Å². The maximum Gasteiger partial charge on any atom is 0.417 e. The van der Waals surface area contributed by atoms with Gasteiger partial charge in [0.05, 0.1) is 5.36 Å². The standard InChI is InChI=1S/C21H18F7N3O5/c1-8-13(10-3-4-11(22)14(23)15(10)35-19(24)25)16(36-20(8,2)21(26,27)28)18(33)30-9-5-6-31(34)12(7-9)17(29)32/h3-8,13,16,19,34H,1-2H3,(H2,29,32)/t8-,13+,16-,20+/m1/s1. The number of ether oxygens (including phenoxy) is 2. The van der Waals surface area contributed by atoms with Gasteiger partial charge < -0.3 is 20.4 Å². The van der Waals surface area contributed by atoms with E-state index in [1.165, 1.54) is 0 Å². The van der Waals surface area contributed by atoms with Crippen molar-refractivity contribution < 1.29 is 55.0 Å². The van der Waals surface area contributed by atoms with Gasteiger partial charge >= 0.3 is 12.8 Å². The summed E-state index contributed by atoms with van der Waals surface area (Å²) in [7, 11) is 0. The van der Waals surface area contributed by atoms with E-state index in [0.29, 0.717) is 23.8 Å². The van der Waals surface area contributed by atoms with Crippen molar-refractivity contribution >= 4 is 11.8 Å². The van der Waals surface area contributed by atoms with Crippen LogP contribution in [0.5, 0.6) is 5.75 Å². The molecule has 2 heterocycles. The second-order valence-corrected chi connectivity index (χ2v) is 8.04. The van der Waals surface area contributed by atoms with E-state index in [1.54, 1.807) is 0 Å². The maximum absolute atomic E-state index is 14.4. The Bertz CT molecular complexity index is 1260. The van der Waals surface area contributed by atoms with E-state index in [4.69, 9.17) is 10.5 Å². The summed E-state index contributed by atoms with van der Waals surface area (Å²) in [6.45, 7) is -2.08. The van der Waals surface area contributed by atoms with Gasteiger partial charge in [0.15, 0.2) is 17.2 Å². The van der Waals surface area contributed by atoms with E-state index in [9.17, 15) is 45.5 Å². The molecule has 8 nitrogen and oxygen atoms in total. The van der Waals surface area contributed by atoms with Gasteiger partial charge in [0, 0.05) is 23.6 Å². The summed E-state index contributed by atoms with van der Waals surface area (Å²) in [5.74, 6) is -10.9. The number of amides is 2. The number of alkyl halides is 5. The molecule has 2 aromatic rings. The van der Waals surface area contributed by atoms with Crippen molar-refractivity contribution in [1.82, 2.24) is 4.73 Å². The van der Waals surface area contributed by atoms with Crippen molar-refractivity contribution in [3.8, 4) is 5.75 Å². The molecule has 1 aromatic heterocycles. The summed E-state index contributed by atoms with van der Waals surface area (Å²) >= 11 is 0. The monoisotopic (exact) mass is 525 g/mol. The number of halogens is 7. The molecule has 1 aliphatic heterocycles. The Balaban J connectivity index is 2.20. The molecule has 2 amide bonds. The predicted octanol–water partition coefficient (Wildman–Crippen LogP) is 3.27. The summed E-state index contributed by atoms with van der Waals surface area (Å²) in [5.41, 5.74) is 0.832. The Kier molecular flexibility index (Phi) is 7.08. The number of nitrogens with two attached hydrogens (primary N) is 1. The van der Waals surface area contributed by atoms with Crippen LogP contribution in [-0.2, 0) is 9.53 Å². The van der Waals surface area contributed by atoms with Crippen molar-refractivity contribution in [3.63, 3.8) is 0 Å². The fraction of sp³-hybridized carbons (Fsp3) is 0.381. The van der Waals surface area contributed by atoms with Crippen LogP contribution in [0.1, 0.15) is 35.8 Å². The van der Waals surface area contributed by atoms with Crippen LogP contribution in [-0.4, -0.2) is 46.2 Å². The lowest BCUT2D eigenvalue weighted by Gasteiger charge is -2.32. The Labute approximate surface area is 197 Å². The SMILES string of the molecule is C[C@@H]1[C@@H](c2ccc(F)c(F)c2OC(F)F)[C@H](C(=O)N=c2ccn(O)c(C(N)=O)c2)O[C@]1(C)C(F)(F)F. The highest BCUT2D eigenvalue weighted by atomic mass is 19.4. The van der Waals surface area contributed by atoms with Crippen molar-refractivity contribution in [2.24, 2.45) is 16.6 Å². The minimum absolute atomic E-state index is 0.304. The molecule has 0 aliphatic carbocycles. The second-order valence-electron chi connectivity index (χ2n) is 8.04. The molecule has 1 saturated heterocycles. The number of primary amides is 1. The number of nitrogens with zero attached hydrogens (tertiary/aromatic N) is 2. The minimum atomic E-state index is -5.09. The predicted molar refractivity (Wildman–Crippen MR) is 105 cm³/mol. The second kappa shape index (κ2) is 9.44. The maximum atomic E-state index is 14.4. The number of hydrogen-bond donors (Lipinski definition) is 2. The molecule has 1 aromatic carbocycles. The average Bonchev–Trinajstić information content (AvgIpc) is 3.04. The van der Waals surface area contributed by atoms with Gasteiger partial charge in [-0.1, -0.05) is 13.0 Å². The zero-order valence-electron chi connectivity index (χ0n) is 18.4. The Morgan fingerprint density at radius 1 is 1.25 bits per heavy atom. The highest BCUT2D eigenvalue weighted by Gasteiger charge is 2.66. The first-order valence-corrected chi connectivity index (χ1v) is 10.1. The molecule has 0 unspecified atom stereocenters. The summed E-state index contributed by atoms with van der Waals surface area (Å²) in [6, 6.07) is 3.04. The molecule has 4 atom stereocenters. The van der Waals surface area contributed by atoms with Gasteiger partial charge in [0.2, 0.25) is 5.82 Å². The van der Waals surface area contributed by atoms with Crippen LogP contribution in [0.4, 0.5) is 30.7 Å². The number of aromatic nitrogens is 1. The van der Waals surface area contributed by atoms with Gasteiger partial charge in [0.1, 0.15) is 11.8 Å². The number of hydrogen-bond acceptors (Lipinski definition) is 5. The largest absolute Gasteiger partial charge is 0.431 e. The Hall–Kier alpha value is -3.62. The third-order valence-electron chi connectivity index (χ3n) is 5.97. The molecular formula is C21H18F7N3O5. The van der Waals surface area contributed by atoms with Crippen LogP contribution in [0, 0.1) is 17.6 Å². The van der Waals surface area contributed by atoms with Crippen LogP contribution in [0.15, 0.2) is 35.5 Å². The normalized spacial score (nSPS) is 24.8. The van der Waals surface area contributed by atoms with Gasteiger partial charge in [-0.05, 0) is 25.1 Å². The minimum Gasteiger partial charge on any atom is -0.431 e. The van der Waals surface area contributed by atoms with E-state index in [2.05, 4.69) is 9.73 Å². The fourth-order valence-corrected chi connectivity index (χ4v) is 3.95. The summed E-state index contributed by atoms with van der Waals surface area (Å²) in [6.07, 6.45) is -6.35. The topological polar surface area (TPSA) is 116 Å².